The van der Waals surface area contributed by atoms with Gasteiger partial charge in [0.05, 0.1) is 21.8 Å². The molecule has 0 bridgehead atoms. The number of nitrogens with zero attached hydrogens (tertiary/aromatic N) is 5. The molecule has 6 rings (SSSR count). The van der Waals surface area contributed by atoms with Crippen LogP contribution in [-0.4, -0.2) is 31.0 Å². The van der Waals surface area contributed by atoms with Gasteiger partial charge >= 0.3 is 0 Å². The Kier molecular flexibility index (Phi) is 8.37. The van der Waals surface area contributed by atoms with Crippen molar-refractivity contribution in [2.75, 3.05) is 6.61 Å². The fourth-order valence-corrected chi connectivity index (χ4v) is 6.01. The molecule has 42 heavy (non-hydrogen) atoms. The van der Waals surface area contributed by atoms with E-state index in [0.29, 0.717) is 37.5 Å². The normalized spacial score (nSPS) is 11.9. The molecule has 0 unspecified atom stereocenters. The van der Waals surface area contributed by atoms with E-state index in [2.05, 4.69) is 17.0 Å². The van der Waals surface area contributed by atoms with Crippen LogP contribution in [0, 0.1) is 0 Å². The second kappa shape index (κ2) is 12.5. The molecule has 0 radical (unpaired) electrons. The Hall–Kier alpha value is -3.98. The second-order valence-electron chi connectivity index (χ2n) is 9.82. The Morgan fingerprint density at radius 1 is 0.952 bits per heavy atom. The molecular formula is C32H27Cl2N5O2S. The van der Waals surface area contributed by atoms with E-state index in [4.69, 9.17) is 33.0 Å². The molecule has 0 atom stereocenters. The van der Waals surface area contributed by atoms with Crippen LogP contribution in [0.4, 0.5) is 0 Å². The summed E-state index contributed by atoms with van der Waals surface area (Å²) in [5.41, 5.74) is 3.74. The summed E-state index contributed by atoms with van der Waals surface area (Å²) in [4.78, 5) is 18.4. The third kappa shape index (κ3) is 5.97. The van der Waals surface area contributed by atoms with Crippen LogP contribution in [0.5, 0.6) is 5.75 Å². The molecule has 0 aliphatic rings. The van der Waals surface area contributed by atoms with Gasteiger partial charge in [-0.2, -0.15) is 14.6 Å². The number of rotatable bonds is 10. The summed E-state index contributed by atoms with van der Waals surface area (Å²) in [6.45, 7) is 2.90. The Labute approximate surface area is 256 Å². The van der Waals surface area contributed by atoms with Crippen molar-refractivity contribution in [2.45, 2.75) is 32.6 Å². The standard InChI is InChI=1S/C32H27Cl2N5O2S/c1-2-3-4-8-17-41-25-14-11-21(12-15-25)29-22(20-38(36-29)24-9-6-5-7-10-24)18-28-31(40)39-32(42-28)35-30(37-39)26-16-13-23(33)19-27(26)34/h5-7,9-16,18-20H,2-4,8,17H2,1H3/b28-18-. The molecular weight excluding hydrogens is 589 g/mol. The van der Waals surface area contributed by atoms with Gasteiger partial charge in [0.25, 0.3) is 5.56 Å². The highest BCUT2D eigenvalue weighted by Gasteiger charge is 2.16. The molecule has 212 valence electrons. The Bertz CT molecular complexity index is 1950. The lowest BCUT2D eigenvalue weighted by Gasteiger charge is -2.07. The van der Waals surface area contributed by atoms with Crippen LogP contribution in [0.1, 0.15) is 38.2 Å². The maximum Gasteiger partial charge on any atom is 0.291 e. The molecule has 0 aliphatic carbocycles. The zero-order chi connectivity index (χ0) is 29.1. The Morgan fingerprint density at radius 3 is 2.50 bits per heavy atom. The third-order valence-electron chi connectivity index (χ3n) is 6.80. The zero-order valence-electron chi connectivity index (χ0n) is 22.8. The van der Waals surface area contributed by atoms with Gasteiger partial charge in [-0.1, -0.05) is 78.9 Å². The largest absolute Gasteiger partial charge is 0.494 e. The van der Waals surface area contributed by atoms with Crippen LogP contribution in [0.25, 0.3) is 39.4 Å². The molecule has 3 aromatic carbocycles. The molecule has 3 aromatic heterocycles. The molecule has 0 aliphatic heterocycles. The maximum absolute atomic E-state index is 13.4. The lowest BCUT2D eigenvalue weighted by Crippen LogP contribution is -2.23. The number of ether oxygens (including phenoxy) is 1. The molecule has 0 N–H and O–H groups in total. The fraction of sp³-hybridized carbons (Fsp3) is 0.188. The van der Waals surface area contributed by atoms with E-state index < -0.39 is 0 Å². The molecule has 10 heteroatoms. The molecule has 3 heterocycles. The third-order valence-corrected chi connectivity index (χ3v) is 8.31. The highest BCUT2D eigenvalue weighted by atomic mass is 35.5. The highest BCUT2D eigenvalue weighted by molar-refractivity contribution is 7.15. The summed E-state index contributed by atoms with van der Waals surface area (Å²) in [6.07, 6.45) is 8.41. The first kappa shape index (κ1) is 28.2. The molecule has 0 amide bonds. The molecule has 0 saturated heterocycles. The van der Waals surface area contributed by atoms with Crippen LogP contribution >= 0.6 is 34.5 Å². The number of hydrogen-bond donors (Lipinski definition) is 0. The number of para-hydroxylation sites is 1. The van der Waals surface area contributed by atoms with Crippen LogP contribution < -0.4 is 14.8 Å². The average Bonchev–Trinajstić information content (AvgIpc) is 3.69. The molecule has 6 aromatic rings. The number of thiazole rings is 1. The van der Waals surface area contributed by atoms with Gasteiger partial charge < -0.3 is 4.74 Å². The Balaban J connectivity index is 1.35. The minimum Gasteiger partial charge on any atom is -0.494 e. The SMILES string of the molecule is CCCCCCOc1ccc(-c2nn(-c3ccccc3)cc2/C=c2\sc3nc(-c4ccc(Cl)cc4Cl)nn3c2=O)cc1. The van der Waals surface area contributed by atoms with Crippen molar-refractivity contribution in [3.05, 3.63) is 109 Å². The van der Waals surface area contributed by atoms with Crippen LogP contribution in [0.3, 0.4) is 0 Å². The minimum atomic E-state index is -0.260. The van der Waals surface area contributed by atoms with Gasteiger partial charge in [-0.05, 0) is 67.1 Å². The summed E-state index contributed by atoms with van der Waals surface area (Å²) in [5.74, 6) is 1.20. The number of halogens is 2. The van der Waals surface area contributed by atoms with Crippen molar-refractivity contribution < 1.29 is 4.74 Å². The van der Waals surface area contributed by atoms with E-state index in [1.165, 1.54) is 35.1 Å². The minimum absolute atomic E-state index is 0.260. The topological polar surface area (TPSA) is 74.3 Å². The average molecular weight is 617 g/mol. The monoisotopic (exact) mass is 615 g/mol. The van der Waals surface area contributed by atoms with Crippen LogP contribution in [0.15, 0.2) is 83.8 Å². The predicted molar refractivity (Wildman–Crippen MR) is 170 cm³/mol. The van der Waals surface area contributed by atoms with Crippen LogP contribution in [-0.2, 0) is 0 Å². The van der Waals surface area contributed by atoms with E-state index in [1.54, 1.807) is 18.2 Å². The summed E-state index contributed by atoms with van der Waals surface area (Å²) in [5, 5.41) is 10.3. The number of unbranched alkanes of at least 4 members (excludes halogenated alkanes) is 3. The van der Waals surface area contributed by atoms with E-state index in [1.807, 2.05) is 71.6 Å². The summed E-state index contributed by atoms with van der Waals surface area (Å²) in [6, 6.07) is 22.9. The van der Waals surface area contributed by atoms with Gasteiger partial charge in [0.15, 0.2) is 5.82 Å². The predicted octanol–water partition coefficient (Wildman–Crippen LogP) is 7.48. The Morgan fingerprint density at radius 2 is 1.76 bits per heavy atom. The van der Waals surface area contributed by atoms with Gasteiger partial charge in [-0.15, -0.1) is 5.10 Å². The first-order chi connectivity index (χ1) is 20.5. The van der Waals surface area contributed by atoms with Crippen molar-refractivity contribution in [3.63, 3.8) is 0 Å². The maximum atomic E-state index is 13.4. The van der Waals surface area contributed by atoms with E-state index in [0.717, 1.165) is 34.7 Å². The number of fused-ring (bicyclic) bond motifs is 1. The van der Waals surface area contributed by atoms with Crippen molar-refractivity contribution >= 4 is 45.6 Å². The molecule has 0 fully saturated rings. The zero-order valence-corrected chi connectivity index (χ0v) is 25.2. The fourth-order valence-electron chi connectivity index (χ4n) is 4.62. The van der Waals surface area contributed by atoms with E-state index in [-0.39, 0.29) is 5.56 Å². The van der Waals surface area contributed by atoms with Crippen molar-refractivity contribution in [3.8, 4) is 34.1 Å². The van der Waals surface area contributed by atoms with Crippen LogP contribution in [0.2, 0.25) is 10.0 Å². The summed E-state index contributed by atoms with van der Waals surface area (Å²) < 4.78 is 9.57. The summed E-state index contributed by atoms with van der Waals surface area (Å²) >= 11 is 13.6. The first-order valence-corrected chi connectivity index (χ1v) is 15.3. The van der Waals surface area contributed by atoms with Gasteiger partial charge in [-0.3, -0.25) is 4.79 Å². The quantitative estimate of drug-likeness (QED) is 0.149. The molecule has 0 spiro atoms. The highest BCUT2D eigenvalue weighted by Crippen LogP contribution is 2.29. The molecule has 7 nitrogen and oxygen atoms in total. The summed E-state index contributed by atoms with van der Waals surface area (Å²) in [7, 11) is 0. The lowest BCUT2D eigenvalue weighted by molar-refractivity contribution is 0.305. The van der Waals surface area contributed by atoms with Gasteiger partial charge in [0.2, 0.25) is 4.96 Å². The van der Waals surface area contributed by atoms with Crippen molar-refractivity contribution in [2.24, 2.45) is 0 Å². The van der Waals surface area contributed by atoms with Crippen molar-refractivity contribution in [1.29, 1.82) is 0 Å². The van der Waals surface area contributed by atoms with Gasteiger partial charge in [-0.25, -0.2) is 4.68 Å². The number of aromatic nitrogens is 5. The first-order valence-electron chi connectivity index (χ1n) is 13.7. The van der Waals surface area contributed by atoms with E-state index >= 15 is 0 Å². The van der Waals surface area contributed by atoms with E-state index in [9.17, 15) is 4.79 Å². The second-order valence-corrected chi connectivity index (χ2v) is 11.7. The van der Waals surface area contributed by atoms with Gasteiger partial charge in [0, 0.05) is 27.9 Å². The smallest absolute Gasteiger partial charge is 0.291 e. The van der Waals surface area contributed by atoms with Crippen molar-refractivity contribution in [1.82, 2.24) is 24.4 Å². The molecule has 0 saturated carbocycles. The van der Waals surface area contributed by atoms with Gasteiger partial charge in [0.1, 0.15) is 11.4 Å². The number of hydrogen-bond acceptors (Lipinski definition) is 6. The number of benzene rings is 3. The lowest BCUT2D eigenvalue weighted by atomic mass is 10.1.